The Bertz CT molecular complexity index is 438. The highest BCUT2D eigenvalue weighted by molar-refractivity contribution is 5.85. The fourth-order valence-corrected chi connectivity index (χ4v) is 1.32. The third-order valence-electron chi connectivity index (χ3n) is 2.24. The van der Waals surface area contributed by atoms with Crippen molar-refractivity contribution < 1.29 is 9.53 Å². The first-order chi connectivity index (χ1) is 7.75. The summed E-state index contributed by atoms with van der Waals surface area (Å²) in [7, 11) is 1.78. The van der Waals surface area contributed by atoms with Gasteiger partial charge in [0.15, 0.2) is 0 Å². The van der Waals surface area contributed by atoms with Crippen molar-refractivity contribution in [3.8, 4) is 0 Å². The van der Waals surface area contributed by atoms with Crippen molar-refractivity contribution in [1.82, 2.24) is 5.01 Å². The molecule has 1 heterocycles. The molecule has 0 N–H and O–H groups in total. The molecule has 0 bridgehead atoms. The molecule has 0 aromatic heterocycles. The Morgan fingerprint density at radius 2 is 2.12 bits per heavy atom. The summed E-state index contributed by atoms with van der Waals surface area (Å²) in [6, 6.07) is 9.77. The molecule has 0 amide bonds. The predicted molar refractivity (Wildman–Crippen MR) is 60.8 cm³/mol. The summed E-state index contributed by atoms with van der Waals surface area (Å²) in [6.45, 7) is 0.293. The third-order valence-corrected chi connectivity index (χ3v) is 2.24. The molecular formula is C12H12N2O2. The van der Waals surface area contributed by atoms with E-state index in [1.165, 1.54) is 6.08 Å². The Morgan fingerprint density at radius 1 is 1.38 bits per heavy atom. The first-order valence-electron chi connectivity index (χ1n) is 4.96. The van der Waals surface area contributed by atoms with Crippen LogP contribution in [0.4, 0.5) is 0 Å². The van der Waals surface area contributed by atoms with E-state index in [0.717, 1.165) is 11.3 Å². The van der Waals surface area contributed by atoms with E-state index < -0.39 is 0 Å². The summed E-state index contributed by atoms with van der Waals surface area (Å²) in [5.74, 6) is -0.309. The Hall–Kier alpha value is -2.10. The van der Waals surface area contributed by atoms with E-state index in [2.05, 4.69) is 5.10 Å². The van der Waals surface area contributed by atoms with E-state index in [4.69, 9.17) is 4.74 Å². The molecule has 1 aliphatic rings. The molecule has 0 spiro atoms. The molecule has 0 radical (unpaired) electrons. The summed E-state index contributed by atoms with van der Waals surface area (Å²) in [5, 5.41) is 5.86. The molecule has 0 atom stereocenters. The molecule has 1 aliphatic heterocycles. The number of likely N-dealkylation sites (N-methyl/N-ethyl adjacent to an activating group) is 1. The van der Waals surface area contributed by atoms with Gasteiger partial charge in [-0.15, -0.1) is 0 Å². The van der Waals surface area contributed by atoms with Crippen molar-refractivity contribution in [1.29, 1.82) is 0 Å². The van der Waals surface area contributed by atoms with Gasteiger partial charge in [0.25, 0.3) is 0 Å². The second-order valence-electron chi connectivity index (χ2n) is 3.42. The molecule has 0 unspecified atom stereocenters. The summed E-state index contributed by atoms with van der Waals surface area (Å²) in [4.78, 5) is 10.9. The van der Waals surface area contributed by atoms with E-state index in [1.54, 1.807) is 18.3 Å². The molecule has 82 valence electrons. The number of ether oxygens (including phenoxy) is 1. The highest BCUT2D eigenvalue weighted by atomic mass is 16.5. The molecule has 4 nitrogen and oxygen atoms in total. The SMILES string of the molecule is CN(/N=C/c1ccccc1)C1=CC(=O)OC1. The van der Waals surface area contributed by atoms with Crippen molar-refractivity contribution in [3.63, 3.8) is 0 Å². The van der Waals surface area contributed by atoms with E-state index in [0.29, 0.717) is 6.61 Å². The standard InChI is InChI=1S/C12H12N2O2/c1-14(11-7-12(15)16-9-11)13-8-10-5-3-2-4-6-10/h2-8H,9H2,1H3/b13-8+. The van der Waals surface area contributed by atoms with Crippen LogP contribution in [-0.2, 0) is 9.53 Å². The second-order valence-corrected chi connectivity index (χ2v) is 3.42. The average Bonchev–Trinajstić information content (AvgIpc) is 2.74. The van der Waals surface area contributed by atoms with Crippen LogP contribution in [0.2, 0.25) is 0 Å². The van der Waals surface area contributed by atoms with Gasteiger partial charge in [0, 0.05) is 13.1 Å². The highest BCUT2D eigenvalue weighted by Crippen LogP contribution is 2.10. The minimum atomic E-state index is -0.309. The summed E-state index contributed by atoms with van der Waals surface area (Å²) >= 11 is 0. The van der Waals surface area contributed by atoms with Crippen LogP contribution in [0.5, 0.6) is 0 Å². The predicted octanol–water partition coefficient (Wildman–Crippen LogP) is 1.39. The zero-order chi connectivity index (χ0) is 11.4. The molecule has 1 aromatic carbocycles. The average molecular weight is 216 g/mol. The number of hydrazone groups is 1. The molecule has 0 saturated carbocycles. The van der Waals surface area contributed by atoms with Gasteiger partial charge in [-0.05, 0) is 5.56 Å². The Kier molecular flexibility index (Phi) is 3.00. The molecule has 16 heavy (non-hydrogen) atoms. The number of carbonyl (C=O) groups excluding carboxylic acids is 1. The van der Waals surface area contributed by atoms with Crippen molar-refractivity contribution >= 4 is 12.2 Å². The van der Waals surface area contributed by atoms with Crippen LogP contribution in [0.25, 0.3) is 0 Å². The summed E-state index contributed by atoms with van der Waals surface area (Å²) < 4.78 is 4.79. The first-order valence-corrected chi connectivity index (χ1v) is 4.96. The van der Waals surface area contributed by atoms with Crippen molar-refractivity contribution in [2.24, 2.45) is 5.10 Å². The van der Waals surface area contributed by atoms with Gasteiger partial charge in [0.2, 0.25) is 0 Å². The fraction of sp³-hybridized carbons (Fsp3) is 0.167. The van der Waals surface area contributed by atoms with Crippen LogP contribution < -0.4 is 0 Å². The number of carbonyl (C=O) groups is 1. The van der Waals surface area contributed by atoms with Crippen LogP contribution in [0.1, 0.15) is 5.56 Å². The van der Waals surface area contributed by atoms with Crippen LogP contribution >= 0.6 is 0 Å². The maximum atomic E-state index is 10.9. The number of cyclic esters (lactones) is 1. The fourth-order valence-electron chi connectivity index (χ4n) is 1.32. The van der Waals surface area contributed by atoms with Crippen LogP contribution in [0, 0.1) is 0 Å². The van der Waals surface area contributed by atoms with Crippen LogP contribution in [0.15, 0.2) is 47.2 Å². The Morgan fingerprint density at radius 3 is 2.75 bits per heavy atom. The minimum Gasteiger partial charge on any atom is -0.456 e. The van der Waals surface area contributed by atoms with Gasteiger partial charge in [-0.2, -0.15) is 5.10 Å². The van der Waals surface area contributed by atoms with E-state index >= 15 is 0 Å². The monoisotopic (exact) mass is 216 g/mol. The van der Waals surface area contributed by atoms with Gasteiger partial charge in [-0.3, -0.25) is 5.01 Å². The quantitative estimate of drug-likeness (QED) is 0.435. The number of hydrogen-bond acceptors (Lipinski definition) is 4. The van der Waals surface area contributed by atoms with Gasteiger partial charge in [0.1, 0.15) is 6.61 Å². The number of nitrogens with zero attached hydrogens (tertiary/aromatic N) is 2. The summed E-state index contributed by atoms with van der Waals surface area (Å²) in [6.07, 6.45) is 3.19. The third kappa shape index (κ3) is 2.48. The zero-order valence-corrected chi connectivity index (χ0v) is 8.96. The van der Waals surface area contributed by atoms with Crippen molar-refractivity contribution in [2.75, 3.05) is 13.7 Å². The summed E-state index contributed by atoms with van der Waals surface area (Å²) in [5.41, 5.74) is 1.78. The Labute approximate surface area is 93.8 Å². The lowest BCUT2D eigenvalue weighted by Crippen LogP contribution is -2.12. The van der Waals surface area contributed by atoms with E-state index in [9.17, 15) is 4.79 Å². The van der Waals surface area contributed by atoms with E-state index in [-0.39, 0.29) is 5.97 Å². The van der Waals surface area contributed by atoms with Crippen LogP contribution in [0.3, 0.4) is 0 Å². The topological polar surface area (TPSA) is 41.9 Å². The second kappa shape index (κ2) is 4.61. The van der Waals surface area contributed by atoms with Gasteiger partial charge < -0.3 is 4.74 Å². The van der Waals surface area contributed by atoms with Gasteiger partial charge in [0.05, 0.1) is 11.9 Å². The first kappa shape index (κ1) is 10.4. The van der Waals surface area contributed by atoms with Gasteiger partial charge >= 0.3 is 5.97 Å². The van der Waals surface area contributed by atoms with Gasteiger partial charge in [-0.1, -0.05) is 30.3 Å². The molecule has 4 heteroatoms. The lowest BCUT2D eigenvalue weighted by molar-refractivity contribution is -0.135. The Balaban J connectivity index is 2.02. The maximum Gasteiger partial charge on any atom is 0.333 e. The van der Waals surface area contributed by atoms with Crippen LogP contribution in [-0.4, -0.2) is 30.8 Å². The number of benzene rings is 1. The van der Waals surface area contributed by atoms with Crippen molar-refractivity contribution in [2.45, 2.75) is 0 Å². The molecule has 0 fully saturated rings. The lowest BCUT2D eigenvalue weighted by atomic mass is 10.2. The normalized spacial score (nSPS) is 15.1. The molecule has 2 rings (SSSR count). The van der Waals surface area contributed by atoms with E-state index in [1.807, 2.05) is 30.3 Å². The number of esters is 1. The molecule has 0 saturated heterocycles. The minimum absolute atomic E-state index is 0.293. The van der Waals surface area contributed by atoms with Gasteiger partial charge in [-0.25, -0.2) is 4.79 Å². The number of rotatable bonds is 3. The largest absolute Gasteiger partial charge is 0.456 e. The molecular weight excluding hydrogens is 204 g/mol. The highest BCUT2D eigenvalue weighted by Gasteiger charge is 2.15. The number of hydrogen-bond donors (Lipinski definition) is 0. The molecule has 1 aromatic rings. The maximum absolute atomic E-state index is 10.9. The van der Waals surface area contributed by atoms with Crippen molar-refractivity contribution in [3.05, 3.63) is 47.7 Å². The lowest BCUT2D eigenvalue weighted by Gasteiger charge is -2.11. The smallest absolute Gasteiger partial charge is 0.333 e. The molecule has 0 aliphatic carbocycles. The zero-order valence-electron chi connectivity index (χ0n) is 8.96.